The third kappa shape index (κ3) is 7.55. The molecule has 0 fully saturated rings. The Kier molecular flexibility index (Phi) is 10.2. The van der Waals surface area contributed by atoms with E-state index < -0.39 is 0 Å². The van der Waals surface area contributed by atoms with E-state index in [2.05, 4.69) is 265 Å². The molecule has 0 aliphatic rings. The fourth-order valence-corrected chi connectivity index (χ4v) is 8.72. The van der Waals surface area contributed by atoms with Crippen molar-refractivity contribution in [3.63, 3.8) is 0 Å². The Balaban J connectivity index is 1.04. The molecule has 11 aromatic rings. The van der Waals surface area contributed by atoms with Gasteiger partial charge in [0.2, 0.25) is 0 Å². The Morgan fingerprint density at radius 3 is 0.828 bits per heavy atom. The number of rotatable bonds is 10. The molecule has 64 heavy (non-hydrogen) atoms. The molecule has 0 atom stereocenters. The van der Waals surface area contributed by atoms with Crippen LogP contribution in [0.4, 0.5) is 34.1 Å². The van der Waals surface area contributed by atoms with Crippen molar-refractivity contribution in [3.8, 4) is 44.8 Å². The van der Waals surface area contributed by atoms with Crippen molar-refractivity contribution < 1.29 is 0 Å². The van der Waals surface area contributed by atoms with Crippen molar-refractivity contribution >= 4 is 55.9 Å². The lowest BCUT2D eigenvalue weighted by molar-refractivity contribution is 1.28. The number of fused-ring (bicyclic) bond motifs is 2. The van der Waals surface area contributed by atoms with Gasteiger partial charge in [-0.3, -0.25) is 0 Å². The van der Waals surface area contributed by atoms with Crippen LogP contribution in [0.1, 0.15) is 0 Å². The van der Waals surface area contributed by atoms with Crippen LogP contribution < -0.4 is 9.80 Å². The van der Waals surface area contributed by atoms with Gasteiger partial charge in [0.1, 0.15) is 0 Å². The number of nitrogens with zero attached hydrogens (tertiary/aromatic N) is 4. The highest BCUT2D eigenvalue weighted by atomic mass is 15.1. The first-order valence-electron chi connectivity index (χ1n) is 21.7. The molecule has 0 unspecified atom stereocenters. The number of hydrogen-bond donors (Lipinski definition) is 0. The van der Waals surface area contributed by atoms with Crippen LogP contribution >= 0.6 is 0 Å². The van der Waals surface area contributed by atoms with Crippen molar-refractivity contribution in [1.29, 1.82) is 0 Å². The van der Waals surface area contributed by atoms with Crippen LogP contribution in [-0.2, 0) is 0 Å². The van der Waals surface area contributed by atoms with Crippen molar-refractivity contribution in [2.75, 3.05) is 9.80 Å². The Bertz CT molecular complexity index is 3020. The molecule has 0 N–H and O–H groups in total. The Hall–Kier alpha value is -8.60. The third-order valence-corrected chi connectivity index (χ3v) is 11.8. The molecule has 9 aromatic carbocycles. The van der Waals surface area contributed by atoms with E-state index in [0.717, 1.165) is 101 Å². The minimum atomic E-state index is 0.892. The van der Waals surface area contributed by atoms with E-state index in [-0.39, 0.29) is 0 Å². The highest BCUT2D eigenvalue weighted by molar-refractivity contribution is 6.08. The lowest BCUT2D eigenvalue weighted by Gasteiger charge is -2.25. The van der Waals surface area contributed by atoms with Gasteiger partial charge in [0.05, 0.1) is 22.4 Å². The van der Waals surface area contributed by atoms with Crippen molar-refractivity contribution in [2.45, 2.75) is 0 Å². The minimum absolute atomic E-state index is 0.892. The second-order valence-electron chi connectivity index (χ2n) is 15.8. The van der Waals surface area contributed by atoms with Gasteiger partial charge in [-0.25, -0.2) is 9.97 Å². The molecule has 0 saturated carbocycles. The zero-order valence-corrected chi connectivity index (χ0v) is 35.0. The SMILES string of the molecule is c1ccc(-c2cc(-c3ccc(N(c4ccccc4)c4ccccc4)cc3)nc3cc4nc(-c5ccc(N(c6ccccc6)c6ccccc6)cc5)cc(-c5ccccc5)c4cc23)cc1. The van der Waals surface area contributed by atoms with Crippen LogP contribution in [0.25, 0.3) is 66.6 Å². The van der Waals surface area contributed by atoms with Crippen LogP contribution in [0.15, 0.2) is 255 Å². The van der Waals surface area contributed by atoms with Gasteiger partial charge in [-0.1, -0.05) is 158 Å². The molecule has 4 heteroatoms. The summed E-state index contributed by atoms with van der Waals surface area (Å²) in [6.07, 6.45) is 0. The second-order valence-corrected chi connectivity index (χ2v) is 15.8. The highest BCUT2D eigenvalue weighted by Crippen LogP contribution is 2.41. The van der Waals surface area contributed by atoms with E-state index in [4.69, 9.17) is 9.97 Å². The molecule has 4 nitrogen and oxygen atoms in total. The van der Waals surface area contributed by atoms with Crippen LogP contribution in [0.2, 0.25) is 0 Å². The standard InChI is InChI=1S/C60H42N4/c1-7-19-43(20-8-1)53-40-57(45-31-35-51(36-32-45)63(47-23-11-3-12-24-47)48-25-13-4-14-26-48)61-59-42-60-56(39-55(53)59)54(44-21-9-2-10-22-44)41-58(62-60)46-33-37-52(38-34-46)64(49-27-15-5-16-28-49)50-29-17-6-18-30-50/h1-42H. The van der Waals surface area contributed by atoms with Crippen LogP contribution in [0.5, 0.6) is 0 Å². The second kappa shape index (κ2) is 17.0. The predicted molar refractivity (Wildman–Crippen MR) is 268 cm³/mol. The first-order chi connectivity index (χ1) is 31.7. The number of hydrogen-bond acceptors (Lipinski definition) is 4. The molecular weight excluding hydrogens is 777 g/mol. The first kappa shape index (κ1) is 38.3. The predicted octanol–water partition coefficient (Wildman–Crippen LogP) is 16.4. The number of pyridine rings is 2. The van der Waals surface area contributed by atoms with E-state index in [9.17, 15) is 0 Å². The monoisotopic (exact) mass is 818 g/mol. The van der Waals surface area contributed by atoms with Crippen molar-refractivity contribution in [1.82, 2.24) is 9.97 Å². The maximum Gasteiger partial charge on any atom is 0.0737 e. The smallest absolute Gasteiger partial charge is 0.0737 e. The van der Waals surface area contributed by atoms with E-state index in [0.29, 0.717) is 0 Å². The molecule has 0 saturated heterocycles. The third-order valence-electron chi connectivity index (χ3n) is 11.8. The maximum absolute atomic E-state index is 5.41. The average molecular weight is 819 g/mol. The number of aromatic nitrogens is 2. The molecule has 0 aliphatic carbocycles. The van der Waals surface area contributed by atoms with Gasteiger partial charge in [0, 0.05) is 56.0 Å². The lowest BCUT2D eigenvalue weighted by atomic mass is 9.93. The Morgan fingerprint density at radius 2 is 0.516 bits per heavy atom. The molecule has 302 valence electrons. The molecule has 2 aromatic heterocycles. The molecule has 0 bridgehead atoms. The highest BCUT2D eigenvalue weighted by Gasteiger charge is 2.18. The quantitative estimate of drug-likeness (QED) is 0.129. The fraction of sp³-hybridized carbons (Fsp3) is 0. The maximum atomic E-state index is 5.41. The summed E-state index contributed by atoms with van der Waals surface area (Å²) < 4.78 is 0. The van der Waals surface area contributed by atoms with E-state index in [1.807, 2.05) is 0 Å². The van der Waals surface area contributed by atoms with Crippen molar-refractivity contribution in [2.24, 2.45) is 0 Å². The van der Waals surface area contributed by atoms with E-state index in [1.165, 1.54) is 0 Å². The number of para-hydroxylation sites is 4. The summed E-state index contributed by atoms with van der Waals surface area (Å²) in [7, 11) is 0. The number of anilines is 6. The van der Waals surface area contributed by atoms with Gasteiger partial charge in [-0.05, 0) is 119 Å². The summed E-state index contributed by atoms with van der Waals surface area (Å²) in [4.78, 5) is 15.4. The Morgan fingerprint density at radius 1 is 0.234 bits per heavy atom. The van der Waals surface area contributed by atoms with E-state index >= 15 is 0 Å². The van der Waals surface area contributed by atoms with Gasteiger partial charge in [-0.15, -0.1) is 0 Å². The van der Waals surface area contributed by atoms with Crippen molar-refractivity contribution in [3.05, 3.63) is 255 Å². The summed E-state index contributed by atoms with van der Waals surface area (Å²) in [6.45, 7) is 0. The molecule has 0 aliphatic heterocycles. The van der Waals surface area contributed by atoms with Gasteiger partial charge in [-0.2, -0.15) is 0 Å². The van der Waals surface area contributed by atoms with Crippen LogP contribution in [-0.4, -0.2) is 9.97 Å². The molecule has 11 rings (SSSR count). The molecule has 0 spiro atoms. The zero-order valence-electron chi connectivity index (χ0n) is 35.0. The molecule has 0 radical (unpaired) electrons. The average Bonchev–Trinajstić information content (AvgIpc) is 3.37. The van der Waals surface area contributed by atoms with Gasteiger partial charge >= 0.3 is 0 Å². The molecular formula is C60H42N4. The molecule has 0 amide bonds. The normalized spacial score (nSPS) is 11.1. The summed E-state index contributed by atoms with van der Waals surface area (Å²) in [5, 5.41) is 2.16. The minimum Gasteiger partial charge on any atom is -0.311 e. The van der Waals surface area contributed by atoms with Crippen LogP contribution in [0.3, 0.4) is 0 Å². The fourth-order valence-electron chi connectivity index (χ4n) is 8.72. The van der Waals surface area contributed by atoms with Gasteiger partial charge in [0.15, 0.2) is 0 Å². The summed E-state index contributed by atoms with van der Waals surface area (Å²) in [5.41, 5.74) is 16.7. The van der Waals surface area contributed by atoms with E-state index in [1.54, 1.807) is 0 Å². The zero-order chi connectivity index (χ0) is 42.7. The summed E-state index contributed by atoms with van der Waals surface area (Å²) in [6, 6.07) is 89.7. The molecule has 2 heterocycles. The topological polar surface area (TPSA) is 32.3 Å². The summed E-state index contributed by atoms with van der Waals surface area (Å²) >= 11 is 0. The summed E-state index contributed by atoms with van der Waals surface area (Å²) in [5.74, 6) is 0. The Labute approximate surface area is 373 Å². The van der Waals surface area contributed by atoms with Gasteiger partial charge < -0.3 is 9.80 Å². The van der Waals surface area contributed by atoms with Crippen LogP contribution in [0, 0.1) is 0 Å². The van der Waals surface area contributed by atoms with Gasteiger partial charge in [0.25, 0.3) is 0 Å². The largest absolute Gasteiger partial charge is 0.311 e. The lowest BCUT2D eigenvalue weighted by Crippen LogP contribution is -2.09. The first-order valence-corrected chi connectivity index (χ1v) is 21.7. The number of benzene rings is 9.